The second-order valence-electron chi connectivity index (χ2n) is 7.50. The first-order valence-corrected chi connectivity index (χ1v) is 10.1. The Labute approximate surface area is 189 Å². The van der Waals surface area contributed by atoms with Crippen LogP contribution in [0.3, 0.4) is 0 Å². The maximum atomic E-state index is 13.5. The molecule has 8 heteroatoms. The predicted molar refractivity (Wildman–Crippen MR) is 116 cm³/mol. The summed E-state index contributed by atoms with van der Waals surface area (Å²) in [5.41, 5.74) is 8.53. The Morgan fingerprint density at radius 3 is 2.64 bits per heavy atom. The van der Waals surface area contributed by atoms with E-state index in [4.69, 9.17) is 29.4 Å². The second kappa shape index (κ2) is 8.28. The van der Waals surface area contributed by atoms with Gasteiger partial charge in [-0.05, 0) is 41.5 Å². The van der Waals surface area contributed by atoms with Gasteiger partial charge >= 0.3 is 0 Å². The highest BCUT2D eigenvalue weighted by Crippen LogP contribution is 2.48. The van der Waals surface area contributed by atoms with Crippen LogP contribution in [0.25, 0.3) is 0 Å². The number of benzene rings is 3. The smallest absolute Gasteiger partial charge is 0.231 e. The van der Waals surface area contributed by atoms with Crippen molar-refractivity contribution in [1.29, 1.82) is 5.26 Å². The molecule has 2 aliphatic heterocycles. The number of nitrogens with zero attached hydrogens (tertiary/aromatic N) is 1. The number of halogens is 1. The molecule has 0 amide bonds. The van der Waals surface area contributed by atoms with Gasteiger partial charge in [-0.15, -0.1) is 0 Å². The van der Waals surface area contributed by atoms with Crippen molar-refractivity contribution in [2.75, 3.05) is 13.9 Å². The van der Waals surface area contributed by atoms with E-state index in [9.17, 15) is 9.65 Å². The number of hydrogen-bond acceptors (Lipinski definition) is 7. The SMILES string of the molecule is COc1cc([C@H]2C(C#N)=C(N)Oc3cc4c(cc32)OCO4)ccc1OCc1cccc(F)c1. The summed E-state index contributed by atoms with van der Waals surface area (Å²) in [6.07, 6.45) is 0. The monoisotopic (exact) mass is 446 g/mol. The Bertz CT molecular complexity index is 1310. The lowest BCUT2D eigenvalue weighted by atomic mass is 9.83. The minimum atomic E-state index is -0.501. The van der Waals surface area contributed by atoms with Gasteiger partial charge in [0.25, 0.3) is 0 Å². The standard InChI is InChI=1S/C25H19FN2O5/c1-29-21-8-15(5-6-19(21)30-12-14-3-2-4-16(26)7-14)24-17-9-22-23(32-13-31-22)10-20(17)33-25(28)18(24)11-27/h2-10,24H,12-13,28H2,1H3/t24-/m1/s1. The number of rotatable bonds is 5. The average molecular weight is 446 g/mol. The molecule has 0 saturated heterocycles. The molecule has 0 radical (unpaired) electrons. The van der Waals surface area contributed by atoms with Gasteiger partial charge in [-0.1, -0.05) is 18.2 Å². The topological polar surface area (TPSA) is 96.0 Å². The molecule has 0 saturated carbocycles. The molecule has 166 valence electrons. The van der Waals surface area contributed by atoms with Crippen molar-refractivity contribution in [3.8, 4) is 34.8 Å². The molecule has 0 unspecified atom stereocenters. The summed E-state index contributed by atoms with van der Waals surface area (Å²) in [7, 11) is 1.53. The average Bonchev–Trinajstić information content (AvgIpc) is 3.28. The molecule has 7 nitrogen and oxygen atoms in total. The zero-order valence-electron chi connectivity index (χ0n) is 17.6. The van der Waals surface area contributed by atoms with Crippen LogP contribution in [-0.2, 0) is 6.61 Å². The van der Waals surface area contributed by atoms with Crippen molar-refractivity contribution in [1.82, 2.24) is 0 Å². The highest BCUT2D eigenvalue weighted by Gasteiger charge is 2.33. The van der Waals surface area contributed by atoms with Crippen LogP contribution in [0.2, 0.25) is 0 Å². The van der Waals surface area contributed by atoms with E-state index in [1.807, 2.05) is 6.07 Å². The quantitative estimate of drug-likeness (QED) is 0.622. The van der Waals surface area contributed by atoms with Crippen molar-refractivity contribution >= 4 is 0 Å². The maximum Gasteiger partial charge on any atom is 0.231 e. The van der Waals surface area contributed by atoms with E-state index in [1.54, 1.807) is 36.4 Å². The molecule has 0 aromatic heterocycles. The molecule has 0 fully saturated rings. The van der Waals surface area contributed by atoms with Crippen LogP contribution in [0.15, 0.2) is 66.1 Å². The molecule has 2 aliphatic rings. The fourth-order valence-corrected chi connectivity index (χ4v) is 3.96. The van der Waals surface area contributed by atoms with Crippen LogP contribution in [0.1, 0.15) is 22.6 Å². The number of fused-ring (bicyclic) bond motifs is 2. The Hall–Kier alpha value is -4.38. The van der Waals surface area contributed by atoms with Crippen molar-refractivity contribution < 1.29 is 28.1 Å². The van der Waals surface area contributed by atoms with Crippen LogP contribution in [-0.4, -0.2) is 13.9 Å². The number of hydrogen-bond donors (Lipinski definition) is 1. The van der Waals surface area contributed by atoms with Crippen LogP contribution in [0.4, 0.5) is 4.39 Å². The summed E-state index contributed by atoms with van der Waals surface area (Å²) in [4.78, 5) is 0. The Balaban J connectivity index is 1.51. The van der Waals surface area contributed by atoms with Crippen molar-refractivity contribution in [2.45, 2.75) is 12.5 Å². The first-order chi connectivity index (χ1) is 16.1. The maximum absolute atomic E-state index is 13.5. The summed E-state index contributed by atoms with van der Waals surface area (Å²) in [6, 6.07) is 17.2. The number of allylic oxidation sites excluding steroid dienone is 1. The van der Waals surface area contributed by atoms with Crippen molar-refractivity contribution in [3.05, 3.63) is 88.6 Å². The number of nitrogens with two attached hydrogens (primary N) is 1. The van der Waals surface area contributed by atoms with Crippen LogP contribution < -0.4 is 29.4 Å². The highest BCUT2D eigenvalue weighted by atomic mass is 19.1. The molecule has 3 aromatic rings. The molecular weight excluding hydrogens is 427 g/mol. The van der Waals surface area contributed by atoms with E-state index < -0.39 is 5.92 Å². The van der Waals surface area contributed by atoms with Gasteiger partial charge in [0.2, 0.25) is 12.7 Å². The van der Waals surface area contributed by atoms with Gasteiger partial charge in [-0.2, -0.15) is 5.26 Å². The van der Waals surface area contributed by atoms with E-state index in [1.165, 1.54) is 19.2 Å². The number of nitriles is 1. The summed E-state index contributed by atoms with van der Waals surface area (Å²) in [5.74, 6) is 1.77. The third-order valence-corrected chi connectivity index (χ3v) is 5.51. The zero-order valence-corrected chi connectivity index (χ0v) is 17.6. The first-order valence-electron chi connectivity index (χ1n) is 10.1. The molecular formula is C25H19FN2O5. The molecule has 33 heavy (non-hydrogen) atoms. The van der Waals surface area contributed by atoms with Gasteiger partial charge in [0.05, 0.1) is 13.0 Å². The van der Waals surface area contributed by atoms with E-state index in [-0.39, 0.29) is 30.7 Å². The third kappa shape index (κ3) is 3.74. The minimum Gasteiger partial charge on any atom is -0.493 e. The van der Waals surface area contributed by atoms with Gasteiger partial charge in [-0.25, -0.2) is 4.39 Å². The second-order valence-corrected chi connectivity index (χ2v) is 7.50. The van der Waals surface area contributed by atoms with E-state index >= 15 is 0 Å². The molecule has 2 N–H and O–H groups in total. The predicted octanol–water partition coefficient (Wildman–Crippen LogP) is 4.36. The molecule has 1 atom stereocenters. The van der Waals surface area contributed by atoms with E-state index in [0.29, 0.717) is 34.3 Å². The molecule has 0 bridgehead atoms. The minimum absolute atomic E-state index is 0.0271. The molecule has 2 heterocycles. The molecule has 0 aliphatic carbocycles. The van der Waals surface area contributed by atoms with Crippen LogP contribution in [0, 0.1) is 17.1 Å². The molecule has 3 aromatic carbocycles. The Morgan fingerprint density at radius 2 is 1.88 bits per heavy atom. The van der Waals surface area contributed by atoms with Gasteiger partial charge < -0.3 is 29.4 Å². The number of methoxy groups -OCH3 is 1. The lowest BCUT2D eigenvalue weighted by Gasteiger charge is -2.27. The lowest BCUT2D eigenvalue weighted by molar-refractivity contribution is 0.174. The zero-order chi connectivity index (χ0) is 22.9. The van der Waals surface area contributed by atoms with Crippen LogP contribution in [0.5, 0.6) is 28.7 Å². The Kier molecular flexibility index (Phi) is 5.15. The largest absolute Gasteiger partial charge is 0.493 e. The molecule has 0 spiro atoms. The van der Waals surface area contributed by atoms with Gasteiger partial charge in [0, 0.05) is 11.6 Å². The molecule has 5 rings (SSSR count). The lowest BCUT2D eigenvalue weighted by Crippen LogP contribution is -2.21. The summed E-state index contributed by atoms with van der Waals surface area (Å²) >= 11 is 0. The van der Waals surface area contributed by atoms with Gasteiger partial charge in [0.15, 0.2) is 23.0 Å². The van der Waals surface area contributed by atoms with E-state index in [2.05, 4.69) is 6.07 Å². The fourth-order valence-electron chi connectivity index (χ4n) is 3.96. The summed E-state index contributed by atoms with van der Waals surface area (Å²) in [5, 5.41) is 9.82. The van der Waals surface area contributed by atoms with Crippen molar-refractivity contribution in [2.24, 2.45) is 5.73 Å². The Morgan fingerprint density at radius 1 is 1.06 bits per heavy atom. The van der Waals surface area contributed by atoms with Gasteiger partial charge in [0.1, 0.15) is 29.8 Å². The van der Waals surface area contributed by atoms with Crippen LogP contribution >= 0.6 is 0 Å². The summed E-state index contributed by atoms with van der Waals surface area (Å²) < 4.78 is 41.5. The van der Waals surface area contributed by atoms with Crippen molar-refractivity contribution in [3.63, 3.8) is 0 Å². The number of ether oxygens (including phenoxy) is 5. The highest BCUT2D eigenvalue weighted by molar-refractivity contribution is 5.62. The third-order valence-electron chi connectivity index (χ3n) is 5.51. The van der Waals surface area contributed by atoms with Gasteiger partial charge in [-0.3, -0.25) is 0 Å². The van der Waals surface area contributed by atoms with E-state index in [0.717, 1.165) is 11.1 Å². The fraction of sp³-hybridized carbons (Fsp3) is 0.160. The normalized spacial score (nSPS) is 16.0. The summed E-state index contributed by atoms with van der Waals surface area (Å²) in [6.45, 7) is 0.287. The first kappa shape index (κ1) is 20.5.